The number of fused-ring (bicyclic) bond motifs is 1. The summed E-state index contributed by atoms with van der Waals surface area (Å²) in [6, 6.07) is 5.67. The highest BCUT2D eigenvalue weighted by Crippen LogP contribution is 2.34. The first-order valence-corrected chi connectivity index (χ1v) is 9.76. The van der Waals surface area contributed by atoms with Crippen molar-refractivity contribution in [1.82, 2.24) is 9.80 Å². The zero-order chi connectivity index (χ0) is 19.4. The van der Waals surface area contributed by atoms with Crippen LogP contribution in [-0.2, 0) is 9.59 Å². The summed E-state index contributed by atoms with van der Waals surface area (Å²) in [6.45, 7) is 5.55. The van der Waals surface area contributed by atoms with Gasteiger partial charge in [-0.15, -0.1) is 0 Å². The van der Waals surface area contributed by atoms with Gasteiger partial charge >= 0.3 is 5.97 Å². The number of nitrogens with zero attached hydrogens (tertiary/aromatic N) is 3. The van der Waals surface area contributed by atoms with Gasteiger partial charge in [-0.25, -0.2) is 0 Å². The Morgan fingerprint density at radius 2 is 2.04 bits per heavy atom. The van der Waals surface area contributed by atoms with Crippen molar-refractivity contribution in [3.63, 3.8) is 0 Å². The van der Waals surface area contributed by atoms with Gasteiger partial charge in [0.1, 0.15) is 12.4 Å². The van der Waals surface area contributed by atoms with Crippen molar-refractivity contribution in [2.45, 2.75) is 25.8 Å². The number of carboxylic acids is 1. The lowest BCUT2D eigenvalue weighted by molar-refractivity contribution is -0.140. The maximum atomic E-state index is 12.8. The first kappa shape index (κ1) is 19.8. The molecule has 1 saturated heterocycles. The van der Waals surface area contributed by atoms with Gasteiger partial charge in [0.05, 0.1) is 25.3 Å². The molecule has 3 rings (SSSR count). The van der Waals surface area contributed by atoms with E-state index in [1.807, 2.05) is 33.8 Å². The Hall–Kier alpha value is -1.99. The second-order valence-corrected chi connectivity index (χ2v) is 7.39. The average molecular weight is 396 g/mol. The largest absolute Gasteiger partial charge is 0.490 e. The molecule has 7 nitrogen and oxygen atoms in total. The molecule has 2 aliphatic heterocycles. The summed E-state index contributed by atoms with van der Waals surface area (Å²) in [6.07, 6.45) is 1.61. The van der Waals surface area contributed by atoms with Gasteiger partial charge in [0.25, 0.3) is 0 Å². The molecule has 0 radical (unpaired) electrons. The number of anilines is 1. The maximum absolute atomic E-state index is 12.8. The Morgan fingerprint density at radius 1 is 1.30 bits per heavy atom. The molecule has 0 aliphatic carbocycles. The van der Waals surface area contributed by atoms with E-state index in [-0.39, 0.29) is 18.5 Å². The summed E-state index contributed by atoms with van der Waals surface area (Å²) in [5, 5.41) is 9.66. The third-order valence-electron chi connectivity index (χ3n) is 5.28. The number of benzene rings is 1. The topological polar surface area (TPSA) is 73.3 Å². The third kappa shape index (κ3) is 4.84. The van der Waals surface area contributed by atoms with Crippen LogP contribution in [0.3, 0.4) is 0 Å². The molecule has 0 spiro atoms. The fraction of sp³-hybridized carbons (Fsp3) is 0.579. The second kappa shape index (κ2) is 8.80. The van der Waals surface area contributed by atoms with E-state index in [4.69, 9.17) is 21.4 Å². The molecule has 1 fully saturated rings. The Bertz CT molecular complexity index is 692. The van der Waals surface area contributed by atoms with Crippen molar-refractivity contribution in [2.75, 3.05) is 50.8 Å². The Morgan fingerprint density at radius 3 is 2.70 bits per heavy atom. The first-order chi connectivity index (χ1) is 13.0. The number of piperidine rings is 1. The molecule has 8 heteroatoms. The Balaban J connectivity index is 1.56. The minimum Gasteiger partial charge on any atom is -0.490 e. The number of carboxylic acid groups (broad SMARTS) is 1. The van der Waals surface area contributed by atoms with Crippen molar-refractivity contribution in [3.05, 3.63) is 23.2 Å². The van der Waals surface area contributed by atoms with E-state index >= 15 is 0 Å². The summed E-state index contributed by atoms with van der Waals surface area (Å²) >= 11 is 6.10. The molecular formula is C19H26ClN3O4. The van der Waals surface area contributed by atoms with Crippen molar-refractivity contribution in [3.8, 4) is 5.75 Å². The van der Waals surface area contributed by atoms with Crippen LogP contribution in [0.4, 0.5) is 5.69 Å². The average Bonchev–Trinajstić information content (AvgIpc) is 2.66. The number of carbonyl (C=O) groups is 2. The quantitative estimate of drug-likeness (QED) is 0.793. The smallest absolute Gasteiger partial charge is 0.317 e. The molecule has 0 bridgehead atoms. The van der Waals surface area contributed by atoms with E-state index in [0.717, 1.165) is 24.3 Å². The fourth-order valence-corrected chi connectivity index (χ4v) is 3.99. The number of rotatable bonds is 6. The summed E-state index contributed by atoms with van der Waals surface area (Å²) in [5.74, 6) is 0.0342. The lowest BCUT2D eigenvalue weighted by Gasteiger charge is -2.39. The predicted molar refractivity (Wildman–Crippen MR) is 104 cm³/mol. The molecule has 0 aromatic heterocycles. The fourth-order valence-electron chi connectivity index (χ4n) is 3.83. The molecule has 27 heavy (non-hydrogen) atoms. The van der Waals surface area contributed by atoms with Gasteiger partial charge in [-0.05, 0) is 37.6 Å². The highest BCUT2D eigenvalue weighted by molar-refractivity contribution is 6.31. The monoisotopic (exact) mass is 395 g/mol. The number of ether oxygens (including phenoxy) is 1. The van der Waals surface area contributed by atoms with Crippen LogP contribution in [0.2, 0.25) is 5.02 Å². The van der Waals surface area contributed by atoms with Crippen molar-refractivity contribution in [2.24, 2.45) is 0 Å². The molecule has 2 aliphatic rings. The van der Waals surface area contributed by atoms with Crippen LogP contribution < -0.4 is 9.64 Å². The molecular weight excluding hydrogens is 370 g/mol. The van der Waals surface area contributed by atoms with Crippen molar-refractivity contribution in [1.29, 1.82) is 0 Å². The van der Waals surface area contributed by atoms with Crippen LogP contribution in [0.25, 0.3) is 0 Å². The van der Waals surface area contributed by atoms with Gasteiger partial charge in [-0.1, -0.05) is 18.5 Å². The highest BCUT2D eigenvalue weighted by atomic mass is 35.5. The molecule has 0 unspecified atom stereocenters. The number of carbonyl (C=O) groups excluding carboxylic acids is 1. The molecule has 0 atom stereocenters. The van der Waals surface area contributed by atoms with Gasteiger partial charge in [0.15, 0.2) is 0 Å². The number of hydrogen-bond donors (Lipinski definition) is 1. The highest BCUT2D eigenvalue weighted by Gasteiger charge is 2.29. The van der Waals surface area contributed by atoms with Gasteiger partial charge < -0.3 is 19.6 Å². The van der Waals surface area contributed by atoms with Crippen LogP contribution in [0.1, 0.15) is 19.8 Å². The summed E-state index contributed by atoms with van der Waals surface area (Å²) in [4.78, 5) is 29.7. The number of hydrogen-bond acceptors (Lipinski definition) is 5. The van der Waals surface area contributed by atoms with Crippen molar-refractivity contribution < 1.29 is 19.4 Å². The van der Waals surface area contributed by atoms with E-state index in [1.165, 1.54) is 0 Å². The van der Waals surface area contributed by atoms with Crippen LogP contribution in [0, 0.1) is 0 Å². The number of halogens is 1. The first-order valence-electron chi connectivity index (χ1n) is 9.39. The Kier molecular flexibility index (Phi) is 6.44. The normalized spacial score (nSPS) is 17.6. The molecule has 1 aromatic rings. The SMILES string of the molecule is CCN(CC(=O)O)C1CCN(C(=O)CN2CCOc3ccc(Cl)cc32)CC1. The predicted octanol–water partition coefficient (Wildman–Crippen LogP) is 1.94. The zero-order valence-electron chi connectivity index (χ0n) is 15.6. The number of aliphatic carboxylic acids is 1. The van der Waals surface area contributed by atoms with Crippen molar-refractivity contribution >= 4 is 29.2 Å². The Labute approximate surface area is 164 Å². The van der Waals surface area contributed by atoms with Gasteiger partial charge in [0.2, 0.25) is 5.91 Å². The van der Waals surface area contributed by atoms with Crippen LogP contribution in [0.15, 0.2) is 18.2 Å². The van der Waals surface area contributed by atoms with E-state index in [9.17, 15) is 9.59 Å². The summed E-state index contributed by atoms with van der Waals surface area (Å²) < 4.78 is 5.64. The van der Waals surface area contributed by atoms with Crippen LogP contribution in [0.5, 0.6) is 5.75 Å². The minimum absolute atomic E-state index is 0.0560. The third-order valence-corrected chi connectivity index (χ3v) is 5.52. The standard InChI is InChI=1S/C19H26ClN3O4/c1-2-21(13-19(25)26)15-5-7-22(8-6-15)18(24)12-23-9-10-27-17-4-3-14(20)11-16(17)23/h3-4,11,15H,2,5-10,12-13H2,1H3,(H,25,26). The second-order valence-electron chi connectivity index (χ2n) is 6.95. The molecule has 1 N–H and O–H groups in total. The molecule has 148 valence electrons. The molecule has 1 aromatic carbocycles. The lowest BCUT2D eigenvalue weighted by atomic mass is 10.0. The molecule has 2 heterocycles. The number of likely N-dealkylation sites (N-methyl/N-ethyl adjacent to an activating group) is 1. The van der Waals surface area contributed by atoms with E-state index in [0.29, 0.717) is 44.4 Å². The van der Waals surface area contributed by atoms with Crippen LogP contribution in [-0.4, -0.2) is 78.7 Å². The number of likely N-dealkylation sites (tertiary alicyclic amines) is 1. The lowest BCUT2D eigenvalue weighted by Crippen LogP contribution is -2.50. The van der Waals surface area contributed by atoms with E-state index in [1.54, 1.807) is 6.07 Å². The minimum atomic E-state index is -0.806. The van der Waals surface area contributed by atoms with Gasteiger partial charge in [0, 0.05) is 24.2 Å². The van der Waals surface area contributed by atoms with Gasteiger partial charge in [-0.3, -0.25) is 14.5 Å². The summed E-state index contributed by atoms with van der Waals surface area (Å²) in [5.41, 5.74) is 0.857. The zero-order valence-corrected chi connectivity index (χ0v) is 16.3. The van der Waals surface area contributed by atoms with E-state index in [2.05, 4.69) is 0 Å². The molecule has 1 amide bonds. The van der Waals surface area contributed by atoms with Gasteiger partial charge in [-0.2, -0.15) is 0 Å². The number of amides is 1. The molecule has 0 saturated carbocycles. The van der Waals surface area contributed by atoms with E-state index < -0.39 is 5.97 Å². The maximum Gasteiger partial charge on any atom is 0.317 e. The summed E-state index contributed by atoms with van der Waals surface area (Å²) in [7, 11) is 0. The van der Waals surface area contributed by atoms with Crippen LogP contribution >= 0.6 is 11.6 Å².